The van der Waals surface area contributed by atoms with Gasteiger partial charge in [-0.1, -0.05) is 48.5 Å². The van der Waals surface area contributed by atoms with Gasteiger partial charge in [-0.15, -0.1) is 0 Å². The summed E-state index contributed by atoms with van der Waals surface area (Å²) >= 11 is 0. The van der Waals surface area contributed by atoms with Crippen molar-refractivity contribution in [2.45, 2.75) is 68.9 Å². The molecule has 55 heavy (non-hydrogen) atoms. The molecule has 0 bridgehead atoms. The van der Waals surface area contributed by atoms with Crippen LogP contribution in [-0.2, 0) is 22.6 Å². The molecule has 4 aromatic rings. The molecule has 1 aliphatic carbocycles. The van der Waals surface area contributed by atoms with E-state index in [2.05, 4.69) is 39.4 Å². The van der Waals surface area contributed by atoms with Gasteiger partial charge in [0, 0.05) is 62.7 Å². The molecule has 4 aliphatic rings. The van der Waals surface area contributed by atoms with Crippen LogP contribution in [0.3, 0.4) is 0 Å². The summed E-state index contributed by atoms with van der Waals surface area (Å²) in [4.78, 5) is 43.1. The standard InChI is InChI=1S/C44H46F2N4O5/c45-44(46,28-55-35-12-7-30(8-13-35)41-36(29-5-2-1-3-6-29)14-9-31-26-34(51)11-16-37(31)41)19-4-20-48-21-23-49(24-22-48)33-10-15-38-32(25-33)27-50(43(38)54)39-17-18-40(52)47-42(39)53/h1-3,5-8,10-13,15-16,25-26,36,39,41,51H,4,9,14,17-24,27-28H2,(H,47,52,53). The number of halogens is 2. The van der Waals surface area contributed by atoms with Crippen LogP contribution in [0.5, 0.6) is 11.5 Å². The van der Waals surface area contributed by atoms with Gasteiger partial charge in [0.2, 0.25) is 11.8 Å². The number of aromatic hydroxyl groups is 1. The number of hydrogen-bond acceptors (Lipinski definition) is 7. The maximum absolute atomic E-state index is 15.0. The quantitative estimate of drug-likeness (QED) is 0.166. The fraction of sp³-hybridized carbons (Fsp3) is 0.386. The zero-order valence-electron chi connectivity index (χ0n) is 30.8. The van der Waals surface area contributed by atoms with E-state index in [0.29, 0.717) is 37.2 Å². The highest BCUT2D eigenvalue weighted by Crippen LogP contribution is 2.47. The van der Waals surface area contributed by atoms with Gasteiger partial charge in [0.25, 0.3) is 11.8 Å². The molecule has 0 saturated carbocycles. The first kappa shape index (κ1) is 36.7. The average Bonchev–Trinajstić information content (AvgIpc) is 3.52. The van der Waals surface area contributed by atoms with E-state index < -0.39 is 24.5 Å². The van der Waals surface area contributed by atoms with Gasteiger partial charge in [-0.25, -0.2) is 8.78 Å². The number of phenolic OH excluding ortho intramolecular Hbond substituents is 1. The van der Waals surface area contributed by atoms with Gasteiger partial charge in [0.1, 0.15) is 17.5 Å². The monoisotopic (exact) mass is 748 g/mol. The van der Waals surface area contributed by atoms with E-state index in [4.69, 9.17) is 4.74 Å². The Labute approximate surface area is 319 Å². The number of anilines is 1. The number of alkyl halides is 2. The van der Waals surface area contributed by atoms with Crippen LogP contribution in [0.4, 0.5) is 14.5 Å². The first-order chi connectivity index (χ1) is 26.6. The van der Waals surface area contributed by atoms with Crippen molar-refractivity contribution >= 4 is 23.4 Å². The number of imide groups is 1. The van der Waals surface area contributed by atoms with E-state index in [1.54, 1.807) is 23.1 Å². The largest absolute Gasteiger partial charge is 0.508 e. The molecule has 3 amide bonds. The topological polar surface area (TPSA) is 102 Å². The van der Waals surface area contributed by atoms with Gasteiger partial charge in [-0.05, 0) is 108 Å². The molecule has 2 saturated heterocycles. The number of amides is 3. The molecular weight excluding hydrogens is 703 g/mol. The zero-order chi connectivity index (χ0) is 38.1. The Balaban J connectivity index is 0.806. The summed E-state index contributed by atoms with van der Waals surface area (Å²) in [5, 5.41) is 12.5. The van der Waals surface area contributed by atoms with Crippen LogP contribution >= 0.6 is 0 Å². The fourth-order valence-corrected chi connectivity index (χ4v) is 8.86. The first-order valence-corrected chi connectivity index (χ1v) is 19.3. The summed E-state index contributed by atoms with van der Waals surface area (Å²) in [5.41, 5.74) is 7.10. The highest BCUT2D eigenvalue weighted by atomic mass is 19.3. The Morgan fingerprint density at radius 1 is 0.818 bits per heavy atom. The second-order valence-corrected chi connectivity index (χ2v) is 15.3. The number of piperazine rings is 1. The third-order valence-corrected chi connectivity index (χ3v) is 11.8. The van der Waals surface area contributed by atoms with Gasteiger partial charge < -0.3 is 19.6 Å². The lowest BCUT2D eigenvalue weighted by atomic mass is 9.69. The normalized spacial score (nSPS) is 21.6. The molecule has 3 atom stereocenters. The van der Waals surface area contributed by atoms with Crippen molar-refractivity contribution < 1.29 is 33.0 Å². The van der Waals surface area contributed by atoms with Crippen LogP contribution in [-0.4, -0.2) is 83.9 Å². The van der Waals surface area contributed by atoms with E-state index in [-0.39, 0.29) is 42.2 Å². The second-order valence-electron chi connectivity index (χ2n) is 15.3. The molecule has 4 aromatic carbocycles. The third-order valence-electron chi connectivity index (χ3n) is 11.8. The van der Waals surface area contributed by atoms with Crippen LogP contribution in [0.2, 0.25) is 0 Å². The summed E-state index contributed by atoms with van der Waals surface area (Å²) in [6.45, 7) is 3.17. The van der Waals surface area contributed by atoms with Gasteiger partial charge in [0.05, 0.1) is 0 Å². The maximum atomic E-state index is 15.0. The molecule has 0 aromatic heterocycles. The van der Waals surface area contributed by atoms with Crippen molar-refractivity contribution in [3.8, 4) is 11.5 Å². The number of piperidine rings is 1. The summed E-state index contributed by atoms with van der Waals surface area (Å²) < 4.78 is 35.7. The van der Waals surface area contributed by atoms with Crippen molar-refractivity contribution in [1.82, 2.24) is 15.1 Å². The highest BCUT2D eigenvalue weighted by Gasteiger charge is 2.39. The first-order valence-electron chi connectivity index (χ1n) is 19.3. The molecule has 286 valence electrons. The Morgan fingerprint density at radius 2 is 1.60 bits per heavy atom. The molecule has 0 radical (unpaired) electrons. The Kier molecular flexibility index (Phi) is 10.3. The molecule has 3 aliphatic heterocycles. The molecule has 8 rings (SSSR count). The van der Waals surface area contributed by atoms with Crippen molar-refractivity contribution in [2.24, 2.45) is 0 Å². The van der Waals surface area contributed by atoms with Gasteiger partial charge in [-0.3, -0.25) is 24.6 Å². The Hall–Kier alpha value is -5.29. The smallest absolute Gasteiger partial charge is 0.281 e. The van der Waals surface area contributed by atoms with Crippen LogP contribution in [0.15, 0.2) is 91.0 Å². The van der Waals surface area contributed by atoms with Crippen molar-refractivity contribution in [3.05, 3.63) is 124 Å². The molecule has 9 nitrogen and oxygen atoms in total. The Morgan fingerprint density at radius 3 is 2.36 bits per heavy atom. The summed E-state index contributed by atoms with van der Waals surface area (Å²) in [6.07, 6.45) is 2.45. The number of rotatable bonds is 11. The number of nitrogens with one attached hydrogen (secondary N) is 1. The SMILES string of the molecule is O=C1CCC(N2Cc3cc(N4CCN(CCCC(F)(F)COc5ccc(C6c7ccc(O)cc7CCC6c6ccccc6)cc5)CC4)ccc3C2=O)C(=O)N1. The maximum Gasteiger partial charge on any atom is 0.281 e. The van der Waals surface area contributed by atoms with Gasteiger partial charge in [0.15, 0.2) is 6.61 Å². The van der Waals surface area contributed by atoms with E-state index in [0.717, 1.165) is 61.4 Å². The number of carbonyl (C=O) groups is 3. The third kappa shape index (κ3) is 7.94. The highest BCUT2D eigenvalue weighted by molar-refractivity contribution is 6.05. The minimum Gasteiger partial charge on any atom is -0.508 e. The molecule has 3 heterocycles. The summed E-state index contributed by atoms with van der Waals surface area (Å²) in [7, 11) is 0. The van der Waals surface area contributed by atoms with Crippen molar-refractivity contribution in [3.63, 3.8) is 0 Å². The number of nitrogens with zero attached hydrogens (tertiary/aromatic N) is 3. The number of ether oxygens (including phenoxy) is 1. The van der Waals surface area contributed by atoms with Crippen molar-refractivity contribution in [2.75, 3.05) is 44.2 Å². The molecule has 0 spiro atoms. The molecule has 11 heteroatoms. The Bertz CT molecular complexity index is 2050. The number of phenols is 1. The van der Waals surface area contributed by atoms with Gasteiger partial charge >= 0.3 is 0 Å². The zero-order valence-corrected chi connectivity index (χ0v) is 30.8. The van der Waals surface area contributed by atoms with E-state index in [1.165, 1.54) is 11.1 Å². The van der Waals surface area contributed by atoms with E-state index in [9.17, 15) is 19.5 Å². The summed E-state index contributed by atoms with van der Waals surface area (Å²) in [6, 6.07) is 28.7. The lowest BCUT2D eigenvalue weighted by Gasteiger charge is -2.36. The predicted octanol–water partition coefficient (Wildman–Crippen LogP) is 6.63. The van der Waals surface area contributed by atoms with E-state index in [1.807, 2.05) is 48.5 Å². The van der Waals surface area contributed by atoms with Crippen LogP contribution in [0.1, 0.15) is 82.1 Å². The minimum atomic E-state index is -2.97. The molecular formula is C44H46F2N4O5. The number of fused-ring (bicyclic) bond motifs is 2. The number of carbonyl (C=O) groups excluding carboxylic acids is 3. The number of benzene rings is 4. The van der Waals surface area contributed by atoms with Crippen LogP contribution in [0, 0.1) is 0 Å². The lowest BCUT2D eigenvalue weighted by molar-refractivity contribution is -0.136. The molecule has 3 unspecified atom stereocenters. The van der Waals surface area contributed by atoms with Crippen LogP contribution in [0.25, 0.3) is 0 Å². The number of aryl methyl sites for hydroxylation is 1. The van der Waals surface area contributed by atoms with Gasteiger partial charge in [-0.2, -0.15) is 0 Å². The van der Waals surface area contributed by atoms with Crippen molar-refractivity contribution in [1.29, 1.82) is 0 Å². The minimum absolute atomic E-state index is 0.0704. The lowest BCUT2D eigenvalue weighted by Crippen LogP contribution is -2.52. The van der Waals surface area contributed by atoms with E-state index >= 15 is 8.78 Å². The second kappa shape index (κ2) is 15.5. The summed E-state index contributed by atoms with van der Waals surface area (Å²) in [5.74, 6) is -2.89. The molecule has 2 N–H and O–H groups in total. The fourth-order valence-electron chi connectivity index (χ4n) is 8.86. The molecule has 2 fully saturated rings. The predicted molar refractivity (Wildman–Crippen MR) is 205 cm³/mol. The average molecular weight is 749 g/mol. The number of hydrogen-bond donors (Lipinski definition) is 2. The van der Waals surface area contributed by atoms with Crippen LogP contribution < -0.4 is 15.0 Å².